The van der Waals surface area contributed by atoms with Crippen LogP contribution in [-0.2, 0) is 11.1 Å². The molecule has 0 amide bonds. The van der Waals surface area contributed by atoms with E-state index in [1.807, 2.05) is 13.8 Å². The van der Waals surface area contributed by atoms with E-state index in [2.05, 4.69) is 0 Å². The van der Waals surface area contributed by atoms with Crippen LogP contribution in [0.4, 0.5) is 0 Å². The van der Waals surface area contributed by atoms with Crippen molar-refractivity contribution >= 4 is 16.9 Å². The maximum Gasteiger partial charge on any atom is 0.186 e. The van der Waals surface area contributed by atoms with Crippen molar-refractivity contribution in [3.63, 3.8) is 0 Å². The number of hydrogen-bond donors (Lipinski definition) is 1. The highest BCUT2D eigenvalue weighted by Crippen LogP contribution is 2.11. The van der Waals surface area contributed by atoms with E-state index in [4.69, 9.17) is 4.55 Å². The maximum atomic E-state index is 11.5. The summed E-state index contributed by atoms with van der Waals surface area (Å²) >= 11 is -1.97. The molecule has 0 aliphatic rings. The van der Waals surface area contributed by atoms with Crippen molar-refractivity contribution in [1.29, 1.82) is 0 Å². The van der Waals surface area contributed by atoms with Gasteiger partial charge in [-0.05, 0) is 12.1 Å². The van der Waals surface area contributed by atoms with Crippen LogP contribution in [0.25, 0.3) is 0 Å². The maximum absolute atomic E-state index is 11.5. The third-order valence-electron chi connectivity index (χ3n) is 1.86. The second-order valence-corrected chi connectivity index (χ2v) is 4.26. The van der Waals surface area contributed by atoms with Gasteiger partial charge in [-0.1, -0.05) is 26.0 Å². The number of benzene rings is 1. The Morgan fingerprint density at radius 1 is 1.29 bits per heavy atom. The SMILES string of the molecule is CC(C)C(=O)c1ccc(S(=O)O)cc1. The standard InChI is InChI=1S/C10H12O3S/c1-7(2)10(11)8-3-5-9(6-4-8)14(12)13/h3-7H,1-2H3,(H,12,13). The first kappa shape index (κ1) is 11.1. The molecule has 1 atom stereocenters. The van der Waals surface area contributed by atoms with E-state index < -0.39 is 11.1 Å². The van der Waals surface area contributed by atoms with Crippen molar-refractivity contribution < 1.29 is 13.6 Å². The Bertz CT molecular complexity index is 354. The van der Waals surface area contributed by atoms with E-state index in [0.29, 0.717) is 10.5 Å². The minimum Gasteiger partial charge on any atom is -0.302 e. The summed E-state index contributed by atoms with van der Waals surface area (Å²) < 4.78 is 19.4. The lowest BCUT2D eigenvalue weighted by Crippen LogP contribution is -2.07. The summed E-state index contributed by atoms with van der Waals surface area (Å²) in [6.07, 6.45) is 0. The average molecular weight is 212 g/mol. The van der Waals surface area contributed by atoms with Crippen LogP contribution in [0.1, 0.15) is 24.2 Å². The Morgan fingerprint density at radius 2 is 1.79 bits per heavy atom. The third kappa shape index (κ3) is 2.49. The zero-order valence-electron chi connectivity index (χ0n) is 8.06. The molecule has 0 saturated carbocycles. The number of hydrogen-bond acceptors (Lipinski definition) is 2. The van der Waals surface area contributed by atoms with Crippen molar-refractivity contribution in [3.8, 4) is 0 Å². The Hall–Kier alpha value is -1.00. The largest absolute Gasteiger partial charge is 0.302 e. The van der Waals surface area contributed by atoms with Crippen LogP contribution in [0.3, 0.4) is 0 Å². The zero-order valence-corrected chi connectivity index (χ0v) is 8.88. The van der Waals surface area contributed by atoms with Gasteiger partial charge in [-0.25, -0.2) is 4.21 Å². The average Bonchev–Trinajstić information content (AvgIpc) is 2.16. The first-order chi connectivity index (χ1) is 6.52. The molecule has 0 heterocycles. The van der Waals surface area contributed by atoms with E-state index in [9.17, 15) is 9.00 Å². The van der Waals surface area contributed by atoms with Crippen LogP contribution in [0, 0.1) is 5.92 Å². The molecule has 3 nitrogen and oxygen atoms in total. The van der Waals surface area contributed by atoms with Crippen molar-refractivity contribution in [2.45, 2.75) is 18.7 Å². The van der Waals surface area contributed by atoms with Gasteiger partial charge in [-0.3, -0.25) is 4.79 Å². The van der Waals surface area contributed by atoms with Gasteiger partial charge in [0, 0.05) is 11.5 Å². The molecule has 1 aromatic rings. The molecule has 0 bridgehead atoms. The molecule has 76 valence electrons. The molecular weight excluding hydrogens is 200 g/mol. The fraction of sp³-hybridized carbons (Fsp3) is 0.300. The molecule has 4 heteroatoms. The molecule has 0 aromatic heterocycles. The fourth-order valence-corrected chi connectivity index (χ4v) is 1.44. The summed E-state index contributed by atoms with van der Waals surface area (Å²) in [5.41, 5.74) is 0.578. The molecule has 1 aromatic carbocycles. The van der Waals surface area contributed by atoms with Crippen LogP contribution in [0.5, 0.6) is 0 Å². The number of carbonyl (C=O) groups is 1. The molecular formula is C10H12O3S. The van der Waals surface area contributed by atoms with Crippen LogP contribution in [0.15, 0.2) is 29.2 Å². The fourth-order valence-electron chi connectivity index (χ4n) is 1.07. The molecule has 14 heavy (non-hydrogen) atoms. The Morgan fingerprint density at radius 3 is 2.14 bits per heavy atom. The normalized spacial score (nSPS) is 12.9. The van der Waals surface area contributed by atoms with Crippen LogP contribution in [-0.4, -0.2) is 14.5 Å². The summed E-state index contributed by atoms with van der Waals surface area (Å²) in [6, 6.07) is 6.13. The molecule has 0 aliphatic carbocycles. The summed E-state index contributed by atoms with van der Waals surface area (Å²) in [6.45, 7) is 3.64. The van der Waals surface area contributed by atoms with Crippen molar-refractivity contribution in [3.05, 3.63) is 29.8 Å². The smallest absolute Gasteiger partial charge is 0.186 e. The van der Waals surface area contributed by atoms with Gasteiger partial charge in [0.2, 0.25) is 0 Å². The molecule has 1 unspecified atom stereocenters. The summed E-state index contributed by atoms with van der Waals surface area (Å²) in [4.78, 5) is 11.8. The van der Waals surface area contributed by atoms with Crippen LogP contribution < -0.4 is 0 Å². The van der Waals surface area contributed by atoms with Gasteiger partial charge in [0.25, 0.3) is 0 Å². The minimum atomic E-state index is -1.97. The van der Waals surface area contributed by atoms with E-state index in [1.165, 1.54) is 12.1 Å². The third-order valence-corrected chi connectivity index (χ3v) is 2.54. The zero-order chi connectivity index (χ0) is 10.7. The van der Waals surface area contributed by atoms with Gasteiger partial charge < -0.3 is 4.55 Å². The Kier molecular flexibility index (Phi) is 3.55. The van der Waals surface area contributed by atoms with Gasteiger partial charge in [-0.15, -0.1) is 0 Å². The van der Waals surface area contributed by atoms with Gasteiger partial charge in [0.15, 0.2) is 16.9 Å². The Balaban J connectivity index is 2.94. The van der Waals surface area contributed by atoms with Crippen molar-refractivity contribution in [1.82, 2.24) is 0 Å². The molecule has 1 rings (SSSR count). The second-order valence-electron chi connectivity index (χ2n) is 3.29. The first-order valence-electron chi connectivity index (χ1n) is 4.27. The van der Waals surface area contributed by atoms with Crippen molar-refractivity contribution in [2.24, 2.45) is 5.92 Å². The van der Waals surface area contributed by atoms with Gasteiger partial charge in [0.1, 0.15) is 0 Å². The van der Waals surface area contributed by atoms with E-state index in [0.717, 1.165) is 0 Å². The lowest BCUT2D eigenvalue weighted by atomic mass is 10.0. The highest BCUT2D eigenvalue weighted by molar-refractivity contribution is 7.79. The predicted molar refractivity (Wildman–Crippen MR) is 54.6 cm³/mol. The molecule has 0 aliphatic heterocycles. The lowest BCUT2D eigenvalue weighted by molar-refractivity contribution is 0.0939. The van der Waals surface area contributed by atoms with Gasteiger partial charge in [0.05, 0.1) is 4.90 Å². The number of ketones is 1. The highest BCUT2D eigenvalue weighted by atomic mass is 32.2. The van der Waals surface area contributed by atoms with Crippen LogP contribution in [0.2, 0.25) is 0 Å². The van der Waals surface area contributed by atoms with Gasteiger partial charge >= 0.3 is 0 Å². The molecule has 0 fully saturated rings. The van der Waals surface area contributed by atoms with E-state index >= 15 is 0 Å². The van der Waals surface area contributed by atoms with E-state index in [-0.39, 0.29) is 11.7 Å². The lowest BCUT2D eigenvalue weighted by Gasteiger charge is -2.03. The Labute approximate surface area is 85.4 Å². The van der Waals surface area contributed by atoms with Crippen LogP contribution >= 0.6 is 0 Å². The minimum absolute atomic E-state index is 0.0419. The summed E-state index contributed by atoms with van der Waals surface area (Å²) in [5.74, 6) is -0.0132. The molecule has 0 spiro atoms. The van der Waals surface area contributed by atoms with E-state index in [1.54, 1.807) is 12.1 Å². The molecule has 0 radical (unpaired) electrons. The number of Topliss-reactive ketones (excluding diaryl/α,β-unsaturated/α-hetero) is 1. The predicted octanol–water partition coefficient (Wildman–Crippen LogP) is 2.11. The molecule has 0 saturated heterocycles. The number of carbonyl (C=O) groups excluding carboxylic acids is 1. The second kappa shape index (κ2) is 4.48. The van der Waals surface area contributed by atoms with Gasteiger partial charge in [-0.2, -0.15) is 0 Å². The summed E-state index contributed by atoms with van der Waals surface area (Å²) in [5, 5.41) is 0. The highest BCUT2D eigenvalue weighted by Gasteiger charge is 2.10. The monoisotopic (exact) mass is 212 g/mol. The number of rotatable bonds is 3. The molecule has 1 N–H and O–H groups in total. The first-order valence-corrected chi connectivity index (χ1v) is 5.38. The topological polar surface area (TPSA) is 54.4 Å². The quantitative estimate of drug-likeness (QED) is 0.616. The van der Waals surface area contributed by atoms with Crippen molar-refractivity contribution in [2.75, 3.05) is 0 Å². The summed E-state index contributed by atoms with van der Waals surface area (Å²) in [7, 11) is 0.